The van der Waals surface area contributed by atoms with Crippen molar-refractivity contribution in [3.8, 4) is 0 Å². The van der Waals surface area contributed by atoms with Crippen LogP contribution in [0.5, 0.6) is 0 Å². The monoisotopic (exact) mass is 351 g/mol. The van der Waals surface area contributed by atoms with Crippen LogP contribution in [0.3, 0.4) is 0 Å². The van der Waals surface area contributed by atoms with Crippen LogP contribution < -0.4 is 11.2 Å². The van der Waals surface area contributed by atoms with Crippen LogP contribution in [0.25, 0.3) is 0 Å². The lowest BCUT2D eigenvalue weighted by atomic mass is 10.2. The highest BCUT2D eigenvalue weighted by molar-refractivity contribution is 7.55. The van der Waals surface area contributed by atoms with E-state index in [0.29, 0.717) is 0 Å². The molecule has 11 heteroatoms. The zero-order chi connectivity index (χ0) is 16.8. The Kier molecular flexibility index (Phi) is 4.39. The molecule has 0 saturated carbocycles. The molecule has 1 unspecified atom stereocenters. The van der Waals surface area contributed by atoms with Gasteiger partial charge in [0.1, 0.15) is 31.1 Å². The van der Waals surface area contributed by atoms with Crippen LogP contribution in [0, 0.1) is 5.82 Å². The van der Waals surface area contributed by atoms with Crippen molar-refractivity contribution in [2.24, 2.45) is 0 Å². The maximum Gasteiger partial charge on any atom is 0.573 e. The first-order chi connectivity index (χ1) is 10.8. The summed E-state index contributed by atoms with van der Waals surface area (Å²) in [7, 11) is -3.44. The van der Waals surface area contributed by atoms with Crippen molar-refractivity contribution in [1.29, 1.82) is 0 Å². The van der Waals surface area contributed by atoms with Crippen LogP contribution in [-0.4, -0.2) is 39.4 Å². The number of hydrogen-bond donors (Lipinski definition) is 2. The first-order valence-electron chi connectivity index (χ1n) is 7.07. The first kappa shape index (κ1) is 16.7. The first-order valence-corrected chi connectivity index (χ1v) is 8.56. The maximum absolute atomic E-state index is 13.4. The fourth-order valence-electron chi connectivity index (χ4n) is 2.50. The molecule has 3 rings (SSSR count). The lowest BCUT2D eigenvalue weighted by Gasteiger charge is -2.27. The zero-order valence-corrected chi connectivity index (χ0v) is 13.4. The number of rotatable bonds is 3. The zero-order valence-electron chi connectivity index (χ0n) is 12.5. The minimum atomic E-state index is -3.44. The van der Waals surface area contributed by atoms with E-state index in [4.69, 9.17) is 18.3 Å². The molecule has 2 aliphatic rings. The summed E-state index contributed by atoms with van der Waals surface area (Å²) in [5, 5.41) is 0. The van der Waals surface area contributed by atoms with E-state index in [1.165, 1.54) is 0 Å². The van der Waals surface area contributed by atoms with Crippen molar-refractivity contribution >= 4 is 8.17 Å². The summed E-state index contributed by atoms with van der Waals surface area (Å²) >= 11 is 0. The molecule has 3 heterocycles. The van der Waals surface area contributed by atoms with E-state index in [0.717, 1.165) is 10.8 Å². The highest BCUT2D eigenvalue weighted by Gasteiger charge is 2.58. The number of aromatic amines is 1. The summed E-state index contributed by atoms with van der Waals surface area (Å²) < 4.78 is 35.9. The van der Waals surface area contributed by atoms with E-state index in [1.54, 1.807) is 13.8 Å². The van der Waals surface area contributed by atoms with E-state index in [-0.39, 0.29) is 19.1 Å². The fraction of sp³-hybridized carbons (Fsp3) is 0.667. The summed E-state index contributed by atoms with van der Waals surface area (Å²) in [6.07, 6.45) is -1.25. The topological polar surface area (TPSA) is 112 Å². The number of hydrogen-bond acceptors (Lipinski definition) is 7. The van der Waals surface area contributed by atoms with Gasteiger partial charge >= 0.3 is 13.9 Å². The van der Waals surface area contributed by atoms with E-state index in [9.17, 15) is 18.9 Å². The van der Waals surface area contributed by atoms with Gasteiger partial charge in [0.2, 0.25) is 5.82 Å². The summed E-state index contributed by atoms with van der Waals surface area (Å²) in [4.78, 5) is 34.9. The number of ether oxygens (including phenoxy) is 1. The van der Waals surface area contributed by atoms with Gasteiger partial charge in [0, 0.05) is 6.42 Å². The molecule has 23 heavy (non-hydrogen) atoms. The average Bonchev–Trinajstić information content (AvgIpc) is 2.83. The molecule has 4 atom stereocenters. The smallest absolute Gasteiger partial charge is 0.349 e. The number of H-pyrrole nitrogens is 1. The molecule has 0 radical (unpaired) electrons. The summed E-state index contributed by atoms with van der Waals surface area (Å²) in [5.41, 5.74) is -1.88. The van der Waals surface area contributed by atoms with Crippen LogP contribution in [-0.2, 0) is 18.3 Å². The molecular weight excluding hydrogens is 334 g/mol. The molecule has 2 N–H and O–H groups in total. The van der Waals surface area contributed by atoms with Crippen molar-refractivity contribution in [1.82, 2.24) is 9.55 Å². The summed E-state index contributed by atoms with van der Waals surface area (Å²) in [5.74, 6) is -1.09. The Morgan fingerprint density at radius 3 is 2.91 bits per heavy atom. The normalized spacial score (nSPS) is 33.9. The van der Waals surface area contributed by atoms with Crippen LogP contribution >= 0.6 is 8.17 Å². The second-order valence-corrected chi connectivity index (χ2v) is 7.19. The number of aromatic nitrogens is 2. The number of nitrogens with one attached hydrogen (secondary N) is 1. The Labute approximate surface area is 130 Å². The molecule has 9 nitrogen and oxygen atoms in total. The van der Waals surface area contributed by atoms with E-state index in [1.807, 2.05) is 4.98 Å². The van der Waals surface area contributed by atoms with Crippen LogP contribution in [0.4, 0.5) is 4.39 Å². The van der Waals surface area contributed by atoms with Gasteiger partial charge < -0.3 is 4.74 Å². The maximum atomic E-state index is 13.4. The molecule has 0 aliphatic carbocycles. The van der Waals surface area contributed by atoms with Crippen molar-refractivity contribution in [3.05, 3.63) is 32.9 Å². The van der Waals surface area contributed by atoms with Gasteiger partial charge in [0.05, 0.1) is 6.20 Å². The van der Waals surface area contributed by atoms with Crippen molar-refractivity contribution in [2.75, 3.05) is 6.61 Å². The Morgan fingerprint density at radius 2 is 2.22 bits per heavy atom. The van der Waals surface area contributed by atoms with Gasteiger partial charge in [-0.25, -0.2) is 4.79 Å². The number of fused-ring (bicyclic) bond motifs is 1. The molecule has 1 aromatic rings. The largest absolute Gasteiger partial charge is 0.573 e. The van der Waals surface area contributed by atoms with Gasteiger partial charge in [-0.3, -0.25) is 14.3 Å². The molecule has 2 aliphatic heterocycles. The predicted molar refractivity (Wildman–Crippen MR) is 76.0 cm³/mol. The minimum absolute atomic E-state index is 0.0265. The Hall–Kier alpha value is -1.16. The predicted octanol–water partition coefficient (Wildman–Crippen LogP) is 0.474. The summed E-state index contributed by atoms with van der Waals surface area (Å²) in [6, 6.07) is 0. The third kappa shape index (κ3) is 3.37. The molecule has 0 bridgehead atoms. The fourth-order valence-corrected chi connectivity index (χ4v) is 4.10. The van der Waals surface area contributed by atoms with Crippen molar-refractivity contribution in [3.63, 3.8) is 0 Å². The highest BCUT2D eigenvalue weighted by atomic mass is 31.2. The van der Waals surface area contributed by atoms with E-state index in [2.05, 4.69) is 0 Å². The third-order valence-electron chi connectivity index (χ3n) is 3.43. The van der Waals surface area contributed by atoms with Gasteiger partial charge in [-0.05, 0) is 13.8 Å². The van der Waals surface area contributed by atoms with Gasteiger partial charge in [0.25, 0.3) is 5.56 Å². The quantitative estimate of drug-likeness (QED) is 0.762. The van der Waals surface area contributed by atoms with E-state index < -0.39 is 43.7 Å². The highest BCUT2D eigenvalue weighted by Crippen LogP contribution is 2.63. The Morgan fingerprint density at radius 1 is 1.48 bits per heavy atom. The Balaban J connectivity index is 1.78. The Bertz CT molecular complexity index is 707. The minimum Gasteiger partial charge on any atom is -0.349 e. The van der Waals surface area contributed by atoms with Crippen LogP contribution in [0.15, 0.2) is 15.8 Å². The molecule has 0 amide bonds. The van der Waals surface area contributed by atoms with Crippen molar-refractivity contribution in [2.45, 2.75) is 44.8 Å². The molecule has 128 valence electrons. The molecule has 2 saturated heterocycles. The summed E-state index contributed by atoms with van der Waals surface area (Å²) in [6.45, 7) is 3.49. The van der Waals surface area contributed by atoms with Crippen LogP contribution in [0.2, 0.25) is 0 Å². The number of halogens is 1. The second-order valence-electron chi connectivity index (χ2n) is 5.57. The van der Waals surface area contributed by atoms with Gasteiger partial charge in [-0.15, -0.1) is 4.52 Å². The molecule has 2 fully saturated rings. The number of nitrogens with zero attached hydrogens (tertiary/aromatic N) is 1. The van der Waals surface area contributed by atoms with Gasteiger partial charge in [-0.2, -0.15) is 18.3 Å². The van der Waals surface area contributed by atoms with Crippen molar-refractivity contribution < 1.29 is 27.6 Å². The van der Waals surface area contributed by atoms with Crippen LogP contribution in [0.1, 0.15) is 26.5 Å². The van der Waals surface area contributed by atoms with Gasteiger partial charge in [-0.1, -0.05) is 0 Å². The lowest BCUT2D eigenvalue weighted by molar-refractivity contribution is -0.0852. The molecule has 0 aromatic carbocycles. The third-order valence-corrected chi connectivity index (χ3v) is 5.13. The molecular formula is C12H17FN2O7P+. The SMILES string of the molecule is CC(C)O[P+]1(O)OC[C@H]2O[C@@H](n3cc(F)c(=O)[nH]c3=O)C[C@@H]2O1. The van der Waals surface area contributed by atoms with Gasteiger partial charge in [0.15, 0.2) is 0 Å². The standard InChI is InChI=1S/C12H16FN2O7P/c1-6(2)21-23(18)19-5-9-8(22-23)3-10(20-9)15-4-7(13)11(16)14-12(15)17/h4,6,8-10,18H,3,5H2,1-2H3/p+1/t8-,9+,10+,23?/m0/s1. The lowest BCUT2D eigenvalue weighted by Crippen LogP contribution is -2.36. The average molecular weight is 351 g/mol. The molecule has 1 aromatic heterocycles. The molecule has 0 spiro atoms. The van der Waals surface area contributed by atoms with E-state index >= 15 is 0 Å². The second kappa shape index (κ2) is 6.04.